The molecule has 0 spiro atoms. The minimum absolute atomic E-state index is 0.0294. The predicted octanol–water partition coefficient (Wildman–Crippen LogP) is 3.47. The van der Waals surface area contributed by atoms with Crippen LogP contribution in [-0.2, 0) is 0 Å². The van der Waals surface area contributed by atoms with Gasteiger partial charge in [0.05, 0.1) is 5.56 Å². The van der Waals surface area contributed by atoms with E-state index in [0.717, 1.165) is 5.56 Å². The number of hydrogen-bond donors (Lipinski definition) is 1. The van der Waals surface area contributed by atoms with Crippen LogP contribution in [0.4, 0.5) is 0 Å². The maximum absolute atomic E-state index is 9.81. The van der Waals surface area contributed by atoms with Crippen LogP contribution in [0.1, 0.15) is 5.56 Å². The minimum Gasteiger partial charge on any atom is -0.507 e. The van der Waals surface area contributed by atoms with E-state index >= 15 is 0 Å². The van der Waals surface area contributed by atoms with Crippen molar-refractivity contribution in [2.24, 2.45) is 0 Å². The van der Waals surface area contributed by atoms with E-state index in [1.54, 1.807) is 18.3 Å². The lowest BCUT2D eigenvalue weighted by atomic mass is 10.2. The first kappa shape index (κ1) is 12.6. The lowest BCUT2D eigenvalue weighted by Crippen LogP contribution is -1.86. The standard InChI is InChI=1S/C14H10ClN3O2/c1-8-4-5-16-11(6-8)13-17-14(20-18-13)10-7-9(15)2-3-12(10)19/h2-7,19H,1H3. The van der Waals surface area contributed by atoms with E-state index in [0.29, 0.717) is 22.1 Å². The van der Waals surface area contributed by atoms with Gasteiger partial charge in [0, 0.05) is 11.2 Å². The van der Waals surface area contributed by atoms with Gasteiger partial charge in [-0.25, -0.2) is 0 Å². The van der Waals surface area contributed by atoms with E-state index in [-0.39, 0.29) is 11.6 Å². The van der Waals surface area contributed by atoms with Gasteiger partial charge < -0.3 is 9.63 Å². The second kappa shape index (κ2) is 4.94. The third kappa shape index (κ3) is 2.35. The average molecular weight is 288 g/mol. The number of rotatable bonds is 2. The highest BCUT2D eigenvalue weighted by molar-refractivity contribution is 6.30. The highest BCUT2D eigenvalue weighted by Crippen LogP contribution is 2.31. The van der Waals surface area contributed by atoms with Gasteiger partial charge in [0.2, 0.25) is 5.82 Å². The molecular weight excluding hydrogens is 278 g/mol. The Hall–Kier alpha value is -2.40. The normalized spacial score (nSPS) is 10.7. The van der Waals surface area contributed by atoms with Gasteiger partial charge in [0.25, 0.3) is 5.89 Å². The van der Waals surface area contributed by atoms with Crippen molar-refractivity contribution < 1.29 is 9.63 Å². The Kier molecular flexibility index (Phi) is 3.12. The molecular formula is C14H10ClN3O2. The van der Waals surface area contributed by atoms with Crippen LogP contribution in [0.3, 0.4) is 0 Å². The lowest BCUT2D eigenvalue weighted by molar-refractivity contribution is 0.425. The number of nitrogens with zero attached hydrogens (tertiary/aromatic N) is 3. The van der Waals surface area contributed by atoms with E-state index in [1.807, 2.05) is 19.1 Å². The molecule has 0 radical (unpaired) electrons. The molecule has 0 fully saturated rings. The Balaban J connectivity index is 2.04. The molecule has 2 aromatic heterocycles. The highest BCUT2D eigenvalue weighted by atomic mass is 35.5. The molecule has 100 valence electrons. The molecule has 20 heavy (non-hydrogen) atoms. The third-order valence-corrected chi connectivity index (χ3v) is 2.99. The average Bonchev–Trinajstić information content (AvgIpc) is 2.91. The second-order valence-electron chi connectivity index (χ2n) is 4.30. The Morgan fingerprint density at radius 2 is 2.05 bits per heavy atom. The van der Waals surface area contributed by atoms with Crippen molar-refractivity contribution in [2.45, 2.75) is 6.92 Å². The number of aromatic hydroxyl groups is 1. The van der Waals surface area contributed by atoms with Gasteiger partial charge in [-0.05, 0) is 42.8 Å². The fraction of sp³-hybridized carbons (Fsp3) is 0.0714. The van der Waals surface area contributed by atoms with Crippen LogP contribution in [0.25, 0.3) is 23.0 Å². The number of phenolic OH excluding ortho intramolecular Hbond substituents is 1. The summed E-state index contributed by atoms with van der Waals surface area (Å²) >= 11 is 5.90. The van der Waals surface area contributed by atoms with Crippen LogP contribution in [0, 0.1) is 6.92 Å². The molecule has 5 nitrogen and oxygen atoms in total. The number of benzene rings is 1. The zero-order chi connectivity index (χ0) is 14.1. The van der Waals surface area contributed by atoms with Crippen LogP contribution in [0.15, 0.2) is 41.1 Å². The summed E-state index contributed by atoms with van der Waals surface area (Å²) in [6.45, 7) is 1.95. The molecule has 1 N–H and O–H groups in total. The number of hydrogen-bond acceptors (Lipinski definition) is 5. The molecule has 0 amide bonds. The smallest absolute Gasteiger partial charge is 0.262 e. The first-order valence-corrected chi connectivity index (χ1v) is 6.27. The molecule has 6 heteroatoms. The summed E-state index contributed by atoms with van der Waals surface area (Å²) in [5, 5.41) is 14.2. The predicted molar refractivity (Wildman–Crippen MR) is 74.4 cm³/mol. The molecule has 0 saturated carbocycles. The molecule has 3 rings (SSSR count). The monoisotopic (exact) mass is 287 g/mol. The summed E-state index contributed by atoms with van der Waals surface area (Å²) < 4.78 is 5.16. The Labute approximate surface area is 119 Å². The first-order valence-electron chi connectivity index (χ1n) is 5.89. The van der Waals surface area contributed by atoms with Crippen LogP contribution in [0.5, 0.6) is 5.75 Å². The van der Waals surface area contributed by atoms with Crippen molar-refractivity contribution in [2.75, 3.05) is 0 Å². The van der Waals surface area contributed by atoms with Crippen molar-refractivity contribution in [1.82, 2.24) is 15.1 Å². The van der Waals surface area contributed by atoms with E-state index in [9.17, 15) is 5.11 Å². The van der Waals surface area contributed by atoms with Crippen molar-refractivity contribution in [3.05, 3.63) is 47.1 Å². The van der Waals surface area contributed by atoms with Crippen molar-refractivity contribution in [1.29, 1.82) is 0 Å². The quantitative estimate of drug-likeness (QED) is 0.781. The van der Waals surface area contributed by atoms with E-state index < -0.39 is 0 Å². The number of pyridine rings is 1. The number of halogens is 1. The van der Waals surface area contributed by atoms with Gasteiger partial charge in [-0.2, -0.15) is 4.98 Å². The summed E-state index contributed by atoms with van der Waals surface area (Å²) in [4.78, 5) is 8.42. The molecule has 1 aromatic carbocycles. The molecule has 0 unspecified atom stereocenters. The fourth-order valence-corrected chi connectivity index (χ4v) is 1.95. The third-order valence-electron chi connectivity index (χ3n) is 2.76. The van der Waals surface area contributed by atoms with Gasteiger partial charge in [-0.3, -0.25) is 4.98 Å². The van der Waals surface area contributed by atoms with Gasteiger partial charge in [0.1, 0.15) is 11.4 Å². The first-order chi connectivity index (χ1) is 9.63. The summed E-state index contributed by atoms with van der Waals surface area (Å²) in [7, 11) is 0. The molecule has 0 aliphatic rings. The van der Waals surface area contributed by atoms with Crippen molar-refractivity contribution in [3.63, 3.8) is 0 Å². The Morgan fingerprint density at radius 3 is 2.85 bits per heavy atom. The summed E-state index contributed by atoms with van der Waals surface area (Å²) in [6, 6.07) is 8.36. The maximum atomic E-state index is 9.81. The fourth-order valence-electron chi connectivity index (χ4n) is 1.77. The van der Waals surface area contributed by atoms with Gasteiger partial charge in [0.15, 0.2) is 0 Å². The van der Waals surface area contributed by atoms with Crippen molar-refractivity contribution in [3.8, 4) is 28.7 Å². The Bertz CT molecular complexity index is 771. The molecule has 0 aliphatic carbocycles. The maximum Gasteiger partial charge on any atom is 0.262 e. The largest absolute Gasteiger partial charge is 0.507 e. The SMILES string of the molecule is Cc1ccnc(-c2noc(-c3cc(Cl)ccc3O)n2)c1. The minimum atomic E-state index is 0.0294. The molecule has 3 aromatic rings. The van der Waals surface area contributed by atoms with Gasteiger partial charge >= 0.3 is 0 Å². The van der Waals surface area contributed by atoms with Crippen molar-refractivity contribution >= 4 is 11.6 Å². The van der Waals surface area contributed by atoms with Gasteiger partial charge in [-0.1, -0.05) is 16.8 Å². The van der Waals surface area contributed by atoms with Gasteiger partial charge in [-0.15, -0.1) is 0 Å². The zero-order valence-corrected chi connectivity index (χ0v) is 11.3. The number of phenols is 1. The van der Waals surface area contributed by atoms with E-state index in [1.165, 1.54) is 6.07 Å². The highest BCUT2D eigenvalue weighted by Gasteiger charge is 2.15. The number of aryl methyl sites for hydroxylation is 1. The van der Waals surface area contributed by atoms with Crippen LogP contribution in [0.2, 0.25) is 5.02 Å². The Morgan fingerprint density at radius 1 is 1.20 bits per heavy atom. The molecule has 0 bridgehead atoms. The van der Waals surface area contributed by atoms with E-state index in [4.69, 9.17) is 16.1 Å². The van der Waals surface area contributed by atoms with Crippen LogP contribution in [-0.4, -0.2) is 20.2 Å². The lowest BCUT2D eigenvalue weighted by Gasteiger charge is -1.99. The zero-order valence-electron chi connectivity index (χ0n) is 10.5. The molecule has 0 saturated heterocycles. The van der Waals surface area contributed by atoms with E-state index in [2.05, 4.69) is 15.1 Å². The number of aromatic nitrogens is 3. The van der Waals surface area contributed by atoms with Crippen LogP contribution >= 0.6 is 11.6 Å². The van der Waals surface area contributed by atoms with Crippen LogP contribution < -0.4 is 0 Å². The molecule has 0 atom stereocenters. The topological polar surface area (TPSA) is 72.0 Å². The summed E-state index contributed by atoms with van der Waals surface area (Å²) in [5.41, 5.74) is 2.05. The molecule has 2 heterocycles. The summed E-state index contributed by atoms with van der Waals surface area (Å²) in [6.07, 6.45) is 1.68. The second-order valence-corrected chi connectivity index (χ2v) is 4.74. The summed E-state index contributed by atoms with van der Waals surface area (Å²) in [5.74, 6) is 0.591. The molecule has 0 aliphatic heterocycles.